The molecule has 0 saturated carbocycles. The molecule has 0 bridgehead atoms. The van der Waals surface area contributed by atoms with Crippen molar-refractivity contribution in [2.24, 2.45) is 10.8 Å². The Hall–Kier alpha value is -3.14. The average Bonchev–Trinajstić information content (AvgIpc) is 3.46. The molecule has 0 saturated heterocycles. The van der Waals surface area contributed by atoms with Gasteiger partial charge in [-0.05, 0) is 48.6 Å². The van der Waals surface area contributed by atoms with Gasteiger partial charge in [-0.25, -0.2) is 9.97 Å². The molecule has 0 fully saturated rings. The van der Waals surface area contributed by atoms with E-state index in [1.54, 1.807) is 0 Å². The molecule has 0 aliphatic rings. The van der Waals surface area contributed by atoms with Crippen LogP contribution in [0, 0.1) is 24.7 Å². The topological polar surface area (TPSA) is 35.6 Å². The van der Waals surface area contributed by atoms with Crippen molar-refractivity contribution in [3.05, 3.63) is 107 Å². The lowest BCUT2D eigenvalue weighted by Crippen LogP contribution is -2.14. The fourth-order valence-corrected chi connectivity index (χ4v) is 4.40. The molecule has 0 spiro atoms. The van der Waals surface area contributed by atoms with Crippen molar-refractivity contribution in [1.29, 1.82) is 0 Å². The molecular weight excluding hydrogens is 512 g/mol. The Balaban J connectivity index is 0.000000702. The molecule has 2 heterocycles. The lowest BCUT2D eigenvalue weighted by Gasteiger charge is -2.20. The van der Waals surface area contributed by atoms with Crippen LogP contribution in [0.25, 0.3) is 0 Å². The van der Waals surface area contributed by atoms with Gasteiger partial charge >= 0.3 is 0 Å². The van der Waals surface area contributed by atoms with E-state index in [9.17, 15) is 0 Å². The Morgan fingerprint density at radius 1 is 0.595 bits per heavy atom. The van der Waals surface area contributed by atoms with Crippen LogP contribution in [0.2, 0.25) is 0 Å². The van der Waals surface area contributed by atoms with E-state index >= 15 is 0 Å². The summed E-state index contributed by atoms with van der Waals surface area (Å²) in [6.07, 6.45) is 7.23. The molecule has 0 radical (unpaired) electrons. The highest BCUT2D eigenvalue weighted by atomic mass is 15.1. The third kappa shape index (κ3) is 14.2. The summed E-state index contributed by atoms with van der Waals surface area (Å²) in [7, 11) is 0. The van der Waals surface area contributed by atoms with Crippen LogP contribution in [0.5, 0.6) is 0 Å². The second-order valence-corrected chi connectivity index (χ2v) is 12.5. The second kappa shape index (κ2) is 19.1. The smallest absolute Gasteiger partial charge is 0.106 e. The summed E-state index contributed by atoms with van der Waals surface area (Å²) in [4.78, 5) is 8.94. The lowest BCUT2D eigenvalue weighted by molar-refractivity contribution is 0.346. The Labute approximate surface area is 259 Å². The SMILES string of the molecule is C.CC.CC.Cc1ncc(CC(C)(C)C)n1Cc1ccccc1.Cc1ncc(Cc2ccccc2)n1CCC(C)(C)C. The van der Waals surface area contributed by atoms with Crippen LogP contribution in [0.3, 0.4) is 0 Å². The highest BCUT2D eigenvalue weighted by molar-refractivity contribution is 5.22. The second-order valence-electron chi connectivity index (χ2n) is 12.5. The van der Waals surface area contributed by atoms with Crippen molar-refractivity contribution >= 4 is 0 Å². The molecular formula is C38H62N4. The first kappa shape index (κ1) is 38.9. The maximum Gasteiger partial charge on any atom is 0.106 e. The van der Waals surface area contributed by atoms with Crippen LogP contribution in [-0.4, -0.2) is 19.1 Å². The monoisotopic (exact) mass is 574 g/mol. The third-order valence-electron chi connectivity index (χ3n) is 6.48. The van der Waals surface area contributed by atoms with E-state index in [2.05, 4.69) is 135 Å². The zero-order valence-corrected chi connectivity index (χ0v) is 28.3. The van der Waals surface area contributed by atoms with Gasteiger partial charge in [0.1, 0.15) is 11.6 Å². The number of aryl methyl sites for hydroxylation is 2. The number of nitrogens with zero attached hydrogens (tertiary/aromatic N) is 4. The van der Waals surface area contributed by atoms with E-state index in [0.717, 1.165) is 37.6 Å². The van der Waals surface area contributed by atoms with E-state index in [-0.39, 0.29) is 7.43 Å². The maximum atomic E-state index is 4.48. The molecule has 234 valence electrons. The molecule has 2 aromatic heterocycles. The third-order valence-corrected chi connectivity index (χ3v) is 6.48. The largest absolute Gasteiger partial charge is 0.332 e. The predicted octanol–water partition coefficient (Wildman–Crippen LogP) is 10.7. The number of hydrogen-bond donors (Lipinski definition) is 0. The van der Waals surface area contributed by atoms with Crippen molar-refractivity contribution in [2.75, 3.05) is 0 Å². The summed E-state index contributed by atoms with van der Waals surface area (Å²) in [5.74, 6) is 2.22. The minimum atomic E-state index is 0. The van der Waals surface area contributed by atoms with Crippen LogP contribution in [0.1, 0.15) is 117 Å². The molecule has 0 aliphatic heterocycles. The number of imidazole rings is 2. The van der Waals surface area contributed by atoms with Crippen LogP contribution >= 0.6 is 0 Å². The van der Waals surface area contributed by atoms with E-state index < -0.39 is 0 Å². The van der Waals surface area contributed by atoms with Crippen molar-refractivity contribution in [1.82, 2.24) is 19.1 Å². The summed E-state index contributed by atoms with van der Waals surface area (Å²) in [6.45, 7) is 27.8. The van der Waals surface area contributed by atoms with Crippen LogP contribution in [0.15, 0.2) is 73.1 Å². The molecule has 0 N–H and O–H groups in total. The van der Waals surface area contributed by atoms with Gasteiger partial charge in [-0.15, -0.1) is 0 Å². The van der Waals surface area contributed by atoms with Crippen molar-refractivity contribution in [2.45, 2.75) is 123 Å². The molecule has 4 heteroatoms. The summed E-state index contributed by atoms with van der Waals surface area (Å²) in [5.41, 5.74) is 5.96. The summed E-state index contributed by atoms with van der Waals surface area (Å²) in [6, 6.07) is 21.2. The quantitative estimate of drug-likeness (QED) is 0.220. The van der Waals surface area contributed by atoms with Gasteiger partial charge in [0, 0.05) is 43.3 Å². The maximum absolute atomic E-state index is 4.48. The van der Waals surface area contributed by atoms with Crippen molar-refractivity contribution in [3.8, 4) is 0 Å². The van der Waals surface area contributed by atoms with Gasteiger partial charge in [0.2, 0.25) is 0 Å². The lowest BCUT2D eigenvalue weighted by atomic mass is 9.91. The number of rotatable bonds is 7. The standard InChI is InChI=1S/C17H24N2.C16H22N2.2C2H6.CH4/c1-14-18-13-16(12-15-8-6-5-7-9-15)19(14)11-10-17(2,3)4;1-13-17-11-15(10-16(2,3)4)18(13)12-14-8-6-5-7-9-14;2*1-2;/h5-9,13H,10-12H2,1-4H3;5-9,11H,10,12H2,1-4H3;2*1-2H3;1H4. The van der Waals surface area contributed by atoms with Crippen molar-refractivity contribution in [3.63, 3.8) is 0 Å². The molecule has 4 aromatic rings. The Morgan fingerprint density at radius 2 is 1.05 bits per heavy atom. The van der Waals surface area contributed by atoms with E-state index in [1.807, 2.05) is 40.1 Å². The molecule has 2 aromatic carbocycles. The van der Waals surface area contributed by atoms with Gasteiger partial charge in [0.05, 0.1) is 0 Å². The fourth-order valence-electron chi connectivity index (χ4n) is 4.40. The van der Waals surface area contributed by atoms with Crippen LogP contribution in [-0.2, 0) is 25.9 Å². The fraction of sp³-hybridized carbons (Fsp3) is 0.526. The van der Waals surface area contributed by atoms with Crippen molar-refractivity contribution < 1.29 is 0 Å². The minimum Gasteiger partial charge on any atom is -0.332 e. The predicted molar refractivity (Wildman–Crippen MR) is 185 cm³/mol. The summed E-state index contributed by atoms with van der Waals surface area (Å²) < 4.78 is 4.68. The van der Waals surface area contributed by atoms with E-state index in [1.165, 1.54) is 28.9 Å². The Morgan fingerprint density at radius 3 is 1.52 bits per heavy atom. The van der Waals surface area contributed by atoms with Gasteiger partial charge in [0.15, 0.2) is 0 Å². The van der Waals surface area contributed by atoms with E-state index in [0.29, 0.717) is 10.8 Å². The first-order valence-corrected chi connectivity index (χ1v) is 15.5. The van der Waals surface area contributed by atoms with Crippen LogP contribution in [0.4, 0.5) is 0 Å². The minimum absolute atomic E-state index is 0. The van der Waals surface area contributed by atoms with Gasteiger partial charge in [-0.2, -0.15) is 0 Å². The number of benzene rings is 2. The van der Waals surface area contributed by atoms with Gasteiger partial charge in [-0.1, -0.05) is 137 Å². The molecule has 4 rings (SSSR count). The highest BCUT2D eigenvalue weighted by Gasteiger charge is 2.16. The summed E-state index contributed by atoms with van der Waals surface area (Å²) >= 11 is 0. The average molecular weight is 575 g/mol. The normalized spacial score (nSPS) is 10.7. The Bertz CT molecular complexity index is 1220. The van der Waals surface area contributed by atoms with Gasteiger partial charge in [-0.3, -0.25) is 0 Å². The zero-order valence-electron chi connectivity index (χ0n) is 28.3. The molecule has 42 heavy (non-hydrogen) atoms. The first-order valence-electron chi connectivity index (χ1n) is 15.5. The Kier molecular flexibility index (Phi) is 17.7. The number of hydrogen-bond acceptors (Lipinski definition) is 2. The molecule has 4 nitrogen and oxygen atoms in total. The first-order chi connectivity index (χ1) is 19.4. The van der Waals surface area contributed by atoms with Gasteiger partial charge in [0.25, 0.3) is 0 Å². The van der Waals surface area contributed by atoms with Crippen LogP contribution < -0.4 is 0 Å². The molecule has 0 aliphatic carbocycles. The molecule has 0 unspecified atom stereocenters. The summed E-state index contributed by atoms with van der Waals surface area (Å²) in [5, 5.41) is 0. The highest BCUT2D eigenvalue weighted by Crippen LogP contribution is 2.23. The van der Waals surface area contributed by atoms with Gasteiger partial charge < -0.3 is 9.13 Å². The molecule has 0 atom stereocenters. The van der Waals surface area contributed by atoms with E-state index in [4.69, 9.17) is 0 Å². The molecule has 0 amide bonds. The zero-order chi connectivity index (χ0) is 31.1. The number of aromatic nitrogens is 4.